The molecule has 1 aromatic heterocycles. The second-order valence-electron chi connectivity index (χ2n) is 4.57. The summed E-state index contributed by atoms with van der Waals surface area (Å²) in [5.74, 6) is 0.428. The molecule has 0 amide bonds. The highest BCUT2D eigenvalue weighted by Gasteiger charge is 2.17. The van der Waals surface area contributed by atoms with Crippen molar-refractivity contribution in [2.75, 3.05) is 0 Å². The molecule has 0 unspecified atom stereocenters. The van der Waals surface area contributed by atoms with Crippen molar-refractivity contribution in [2.45, 2.75) is 20.4 Å². The molecule has 1 aromatic carbocycles. The standard InChI is InChI=1S/C14H14ClN3/c1-10(2)9-18-14(15)12(8-16)13(17-18)11-6-4-3-5-7-11/h3-7,10H,9H2,1-2H3. The van der Waals surface area contributed by atoms with E-state index in [2.05, 4.69) is 25.0 Å². The topological polar surface area (TPSA) is 41.6 Å². The molecular formula is C14H14ClN3. The molecule has 92 valence electrons. The van der Waals surface area contributed by atoms with E-state index in [1.807, 2.05) is 30.3 Å². The van der Waals surface area contributed by atoms with Crippen LogP contribution in [0, 0.1) is 17.2 Å². The van der Waals surface area contributed by atoms with Crippen LogP contribution in [0.15, 0.2) is 30.3 Å². The highest BCUT2D eigenvalue weighted by molar-refractivity contribution is 6.31. The quantitative estimate of drug-likeness (QED) is 0.843. The van der Waals surface area contributed by atoms with Gasteiger partial charge in [-0.05, 0) is 5.92 Å². The predicted octanol–water partition coefficient (Wildman–Crippen LogP) is 3.73. The van der Waals surface area contributed by atoms with Crippen molar-refractivity contribution in [3.8, 4) is 17.3 Å². The number of benzene rings is 1. The molecule has 0 saturated heterocycles. The first-order chi connectivity index (χ1) is 8.63. The Morgan fingerprint density at radius 2 is 2.00 bits per heavy atom. The number of halogens is 1. The van der Waals surface area contributed by atoms with Crippen LogP contribution in [0.5, 0.6) is 0 Å². The van der Waals surface area contributed by atoms with E-state index in [1.165, 1.54) is 0 Å². The Bertz CT molecular complexity index is 579. The van der Waals surface area contributed by atoms with Gasteiger partial charge in [-0.25, -0.2) is 0 Å². The minimum absolute atomic E-state index is 0.421. The zero-order chi connectivity index (χ0) is 13.1. The molecule has 4 heteroatoms. The van der Waals surface area contributed by atoms with Crippen molar-refractivity contribution >= 4 is 11.6 Å². The van der Waals surface area contributed by atoms with Crippen molar-refractivity contribution in [3.63, 3.8) is 0 Å². The van der Waals surface area contributed by atoms with Crippen LogP contribution in [0.4, 0.5) is 0 Å². The minimum Gasteiger partial charge on any atom is -0.252 e. The van der Waals surface area contributed by atoms with E-state index >= 15 is 0 Å². The fourth-order valence-electron chi connectivity index (χ4n) is 1.81. The number of nitriles is 1. The van der Waals surface area contributed by atoms with Crippen LogP contribution in [0.2, 0.25) is 5.15 Å². The average Bonchev–Trinajstić information content (AvgIpc) is 2.67. The van der Waals surface area contributed by atoms with Gasteiger partial charge in [-0.1, -0.05) is 55.8 Å². The lowest BCUT2D eigenvalue weighted by atomic mass is 10.1. The van der Waals surface area contributed by atoms with Gasteiger partial charge in [0.15, 0.2) is 0 Å². The monoisotopic (exact) mass is 259 g/mol. The first kappa shape index (κ1) is 12.7. The number of hydrogen-bond donors (Lipinski definition) is 0. The van der Waals surface area contributed by atoms with Crippen molar-refractivity contribution in [1.82, 2.24) is 9.78 Å². The van der Waals surface area contributed by atoms with Gasteiger partial charge in [0.1, 0.15) is 22.5 Å². The third-order valence-corrected chi connectivity index (χ3v) is 2.97. The van der Waals surface area contributed by atoms with Crippen LogP contribution in [0.3, 0.4) is 0 Å². The summed E-state index contributed by atoms with van der Waals surface area (Å²) in [6, 6.07) is 11.8. The summed E-state index contributed by atoms with van der Waals surface area (Å²) in [6.07, 6.45) is 0. The molecule has 0 atom stereocenters. The van der Waals surface area contributed by atoms with Crippen molar-refractivity contribution in [1.29, 1.82) is 5.26 Å². The Morgan fingerprint density at radius 3 is 2.56 bits per heavy atom. The highest BCUT2D eigenvalue weighted by Crippen LogP contribution is 2.28. The van der Waals surface area contributed by atoms with Gasteiger partial charge in [0.05, 0.1) is 0 Å². The van der Waals surface area contributed by atoms with E-state index in [4.69, 9.17) is 11.6 Å². The molecule has 0 radical (unpaired) electrons. The Hall–Kier alpha value is -1.79. The third kappa shape index (κ3) is 2.39. The smallest absolute Gasteiger partial charge is 0.145 e. The summed E-state index contributed by atoms with van der Waals surface area (Å²) in [4.78, 5) is 0. The van der Waals surface area contributed by atoms with E-state index in [1.54, 1.807) is 4.68 Å². The van der Waals surface area contributed by atoms with Crippen LogP contribution in [0.1, 0.15) is 19.4 Å². The van der Waals surface area contributed by atoms with Gasteiger partial charge in [-0.2, -0.15) is 10.4 Å². The summed E-state index contributed by atoms with van der Waals surface area (Å²) in [5, 5.41) is 14.1. The maximum Gasteiger partial charge on any atom is 0.145 e. The summed E-state index contributed by atoms with van der Waals surface area (Å²) < 4.78 is 1.70. The van der Waals surface area contributed by atoms with Crippen LogP contribution in [-0.4, -0.2) is 9.78 Å². The van der Waals surface area contributed by atoms with Gasteiger partial charge < -0.3 is 0 Å². The molecule has 0 N–H and O–H groups in total. The van der Waals surface area contributed by atoms with E-state index < -0.39 is 0 Å². The zero-order valence-corrected chi connectivity index (χ0v) is 11.1. The van der Waals surface area contributed by atoms with Crippen molar-refractivity contribution in [2.24, 2.45) is 5.92 Å². The zero-order valence-electron chi connectivity index (χ0n) is 10.4. The van der Waals surface area contributed by atoms with E-state index in [0.717, 1.165) is 5.56 Å². The maximum atomic E-state index is 9.22. The van der Waals surface area contributed by atoms with Gasteiger partial charge >= 0.3 is 0 Å². The molecule has 0 saturated carbocycles. The molecule has 0 fully saturated rings. The number of aromatic nitrogens is 2. The highest BCUT2D eigenvalue weighted by atomic mass is 35.5. The van der Waals surface area contributed by atoms with Crippen molar-refractivity contribution in [3.05, 3.63) is 41.0 Å². The van der Waals surface area contributed by atoms with Gasteiger partial charge in [0.25, 0.3) is 0 Å². The van der Waals surface area contributed by atoms with Crippen molar-refractivity contribution < 1.29 is 0 Å². The Morgan fingerprint density at radius 1 is 1.33 bits per heavy atom. The van der Waals surface area contributed by atoms with E-state index in [0.29, 0.717) is 28.9 Å². The van der Waals surface area contributed by atoms with Crippen LogP contribution >= 0.6 is 11.6 Å². The lowest BCUT2D eigenvalue weighted by Gasteiger charge is -2.05. The molecule has 0 aliphatic heterocycles. The molecule has 2 aromatic rings. The molecule has 0 aliphatic carbocycles. The molecule has 18 heavy (non-hydrogen) atoms. The molecule has 2 rings (SSSR count). The largest absolute Gasteiger partial charge is 0.252 e. The fourth-order valence-corrected chi connectivity index (χ4v) is 2.04. The molecule has 1 heterocycles. The molecule has 0 bridgehead atoms. The number of nitrogens with zero attached hydrogens (tertiary/aromatic N) is 3. The fraction of sp³-hybridized carbons (Fsp3) is 0.286. The number of rotatable bonds is 3. The second-order valence-corrected chi connectivity index (χ2v) is 4.93. The Balaban J connectivity index is 2.52. The maximum absolute atomic E-state index is 9.22. The number of hydrogen-bond acceptors (Lipinski definition) is 2. The predicted molar refractivity (Wildman–Crippen MR) is 72.2 cm³/mol. The second kappa shape index (κ2) is 5.24. The summed E-state index contributed by atoms with van der Waals surface area (Å²) in [7, 11) is 0. The lowest BCUT2D eigenvalue weighted by molar-refractivity contribution is 0.484. The lowest BCUT2D eigenvalue weighted by Crippen LogP contribution is -2.06. The van der Waals surface area contributed by atoms with E-state index in [-0.39, 0.29) is 0 Å². The van der Waals surface area contributed by atoms with Gasteiger partial charge in [0, 0.05) is 12.1 Å². The van der Waals surface area contributed by atoms with Gasteiger partial charge in [-0.3, -0.25) is 4.68 Å². The first-order valence-electron chi connectivity index (χ1n) is 5.85. The van der Waals surface area contributed by atoms with Gasteiger partial charge in [0.2, 0.25) is 0 Å². The summed E-state index contributed by atoms with van der Waals surface area (Å²) in [6.45, 7) is 4.89. The van der Waals surface area contributed by atoms with Crippen LogP contribution in [0.25, 0.3) is 11.3 Å². The summed E-state index contributed by atoms with van der Waals surface area (Å²) >= 11 is 6.20. The van der Waals surface area contributed by atoms with E-state index in [9.17, 15) is 5.26 Å². The molecular weight excluding hydrogens is 246 g/mol. The van der Waals surface area contributed by atoms with Crippen LogP contribution in [-0.2, 0) is 6.54 Å². The Kier molecular flexibility index (Phi) is 3.69. The minimum atomic E-state index is 0.421. The first-order valence-corrected chi connectivity index (χ1v) is 6.23. The van der Waals surface area contributed by atoms with Gasteiger partial charge in [-0.15, -0.1) is 0 Å². The summed E-state index contributed by atoms with van der Waals surface area (Å²) in [5.41, 5.74) is 2.02. The molecule has 3 nitrogen and oxygen atoms in total. The third-order valence-electron chi connectivity index (χ3n) is 2.59. The normalized spacial score (nSPS) is 10.6. The SMILES string of the molecule is CC(C)Cn1nc(-c2ccccc2)c(C#N)c1Cl. The molecule has 0 aliphatic rings. The molecule has 0 spiro atoms. The average molecular weight is 260 g/mol. The Labute approximate surface area is 112 Å². The van der Waals surface area contributed by atoms with Crippen LogP contribution < -0.4 is 0 Å².